The number of hydrogen-bond acceptors (Lipinski definition) is 4. The number of rotatable bonds is 9. The van der Waals surface area contributed by atoms with E-state index in [2.05, 4.69) is 15.8 Å². The van der Waals surface area contributed by atoms with Crippen molar-refractivity contribution >= 4 is 17.6 Å². The molecule has 0 rings (SSSR count). The second-order valence-electron chi connectivity index (χ2n) is 4.75. The Morgan fingerprint density at radius 3 is 2.20 bits per heavy atom. The monoisotopic (exact) mass is 286 g/mol. The fourth-order valence-corrected chi connectivity index (χ4v) is 2.26. The molecule has 2 amide bonds. The van der Waals surface area contributed by atoms with Crippen LogP contribution < -0.4 is 16.4 Å². The number of oxime groups is 1. The van der Waals surface area contributed by atoms with E-state index in [-0.39, 0.29) is 30.6 Å². The molecule has 0 spiro atoms. The molecule has 7 heteroatoms. The minimum atomic E-state index is -0.999. The maximum Gasteiger partial charge on any atom is 0.233 e. The quantitative estimate of drug-likeness (QED) is 0.214. The summed E-state index contributed by atoms with van der Waals surface area (Å²) < 4.78 is 0. The van der Waals surface area contributed by atoms with E-state index < -0.39 is 5.41 Å². The number of carbonyl (C=O) groups is 2. The van der Waals surface area contributed by atoms with Crippen molar-refractivity contribution in [3.05, 3.63) is 0 Å². The number of nitrogens with one attached hydrogen (secondary N) is 2. The SMILES string of the molecule is CCCC(CCC)(C(=O)NCCC(=O)NC)C(N)=NO. The summed E-state index contributed by atoms with van der Waals surface area (Å²) in [7, 11) is 1.54. The molecular formula is C13H26N4O3. The summed E-state index contributed by atoms with van der Waals surface area (Å²) in [6.45, 7) is 4.10. The Labute approximate surface area is 120 Å². The smallest absolute Gasteiger partial charge is 0.233 e. The molecule has 20 heavy (non-hydrogen) atoms. The molecule has 0 aromatic carbocycles. The fraction of sp³-hybridized carbons (Fsp3) is 0.769. The van der Waals surface area contributed by atoms with E-state index in [1.807, 2.05) is 13.8 Å². The maximum atomic E-state index is 12.4. The zero-order valence-corrected chi connectivity index (χ0v) is 12.5. The molecule has 0 saturated carbocycles. The lowest BCUT2D eigenvalue weighted by Crippen LogP contribution is -2.50. The second kappa shape index (κ2) is 9.17. The third-order valence-corrected chi connectivity index (χ3v) is 3.30. The van der Waals surface area contributed by atoms with Gasteiger partial charge in [0.05, 0.1) is 0 Å². The van der Waals surface area contributed by atoms with Gasteiger partial charge in [-0.05, 0) is 12.8 Å². The van der Waals surface area contributed by atoms with E-state index in [0.29, 0.717) is 12.8 Å². The van der Waals surface area contributed by atoms with E-state index in [1.165, 1.54) is 0 Å². The lowest BCUT2D eigenvalue weighted by atomic mass is 9.77. The predicted octanol–water partition coefficient (Wildman–Crippen LogP) is 0.572. The van der Waals surface area contributed by atoms with Crippen LogP contribution >= 0.6 is 0 Å². The average Bonchev–Trinajstić information content (AvgIpc) is 2.45. The summed E-state index contributed by atoms with van der Waals surface area (Å²) in [6.07, 6.45) is 2.68. The van der Waals surface area contributed by atoms with Gasteiger partial charge in [-0.3, -0.25) is 9.59 Å². The Hall–Kier alpha value is -1.79. The van der Waals surface area contributed by atoms with E-state index >= 15 is 0 Å². The highest BCUT2D eigenvalue weighted by Gasteiger charge is 2.41. The highest BCUT2D eigenvalue weighted by molar-refractivity contribution is 6.06. The van der Waals surface area contributed by atoms with Crippen LogP contribution in [0, 0.1) is 5.41 Å². The molecule has 0 aromatic heterocycles. The van der Waals surface area contributed by atoms with Gasteiger partial charge in [-0.2, -0.15) is 0 Å². The number of nitrogens with zero attached hydrogens (tertiary/aromatic N) is 1. The van der Waals surface area contributed by atoms with E-state index in [4.69, 9.17) is 10.9 Å². The molecule has 0 aromatic rings. The molecule has 0 aliphatic heterocycles. The largest absolute Gasteiger partial charge is 0.409 e. The van der Waals surface area contributed by atoms with Crippen molar-refractivity contribution in [3.63, 3.8) is 0 Å². The fourth-order valence-electron chi connectivity index (χ4n) is 2.26. The van der Waals surface area contributed by atoms with Crippen LogP contribution in [0.1, 0.15) is 46.0 Å². The zero-order valence-electron chi connectivity index (χ0n) is 12.5. The normalized spacial score (nSPS) is 12.1. The van der Waals surface area contributed by atoms with E-state index in [1.54, 1.807) is 7.05 Å². The molecule has 0 heterocycles. The van der Waals surface area contributed by atoms with Crippen molar-refractivity contribution in [2.45, 2.75) is 46.0 Å². The lowest BCUT2D eigenvalue weighted by molar-refractivity contribution is -0.128. The minimum absolute atomic E-state index is 0.0707. The summed E-state index contributed by atoms with van der Waals surface area (Å²) in [5.41, 5.74) is 4.74. The molecule has 5 N–H and O–H groups in total. The van der Waals surface area contributed by atoms with Gasteiger partial charge in [-0.1, -0.05) is 31.8 Å². The molecule has 0 radical (unpaired) electrons. The molecule has 0 unspecified atom stereocenters. The first-order chi connectivity index (χ1) is 9.48. The van der Waals surface area contributed by atoms with Crippen LogP contribution in [0.4, 0.5) is 0 Å². The summed E-state index contributed by atoms with van der Waals surface area (Å²) in [4.78, 5) is 23.5. The standard InChI is InChI=1S/C13H26N4O3/c1-4-7-13(8-5-2,11(14)17-20)12(19)16-9-6-10(18)15-3/h20H,4-9H2,1-3H3,(H2,14,17)(H,15,18)(H,16,19). The van der Waals surface area contributed by atoms with Gasteiger partial charge in [0.1, 0.15) is 5.41 Å². The minimum Gasteiger partial charge on any atom is -0.409 e. The molecule has 0 aliphatic rings. The Morgan fingerprint density at radius 2 is 1.80 bits per heavy atom. The number of amidine groups is 1. The van der Waals surface area contributed by atoms with Gasteiger partial charge in [0.2, 0.25) is 11.8 Å². The van der Waals surface area contributed by atoms with Gasteiger partial charge < -0.3 is 21.6 Å². The van der Waals surface area contributed by atoms with Crippen LogP contribution in [-0.4, -0.2) is 36.4 Å². The first-order valence-corrected chi connectivity index (χ1v) is 6.95. The first-order valence-electron chi connectivity index (χ1n) is 6.95. The molecule has 0 saturated heterocycles. The van der Waals surface area contributed by atoms with E-state index in [0.717, 1.165) is 12.8 Å². The van der Waals surface area contributed by atoms with Gasteiger partial charge in [-0.25, -0.2) is 0 Å². The number of amides is 2. The van der Waals surface area contributed by atoms with Gasteiger partial charge in [-0.15, -0.1) is 0 Å². The Balaban J connectivity index is 4.91. The van der Waals surface area contributed by atoms with Crippen LogP contribution in [0.3, 0.4) is 0 Å². The van der Waals surface area contributed by atoms with Crippen molar-refractivity contribution in [1.29, 1.82) is 0 Å². The van der Waals surface area contributed by atoms with Crippen LogP contribution in [-0.2, 0) is 9.59 Å². The summed E-state index contributed by atoms with van der Waals surface area (Å²) in [6, 6.07) is 0. The Bertz CT molecular complexity index is 350. The summed E-state index contributed by atoms with van der Waals surface area (Å²) in [5.74, 6) is -0.510. The Kier molecular flexibility index (Phi) is 8.35. The van der Waals surface area contributed by atoms with Gasteiger partial charge in [0.25, 0.3) is 0 Å². The van der Waals surface area contributed by atoms with Crippen LogP contribution in [0.25, 0.3) is 0 Å². The van der Waals surface area contributed by atoms with Gasteiger partial charge >= 0.3 is 0 Å². The van der Waals surface area contributed by atoms with Crippen molar-refractivity contribution in [3.8, 4) is 0 Å². The highest BCUT2D eigenvalue weighted by atomic mass is 16.4. The number of nitrogens with two attached hydrogens (primary N) is 1. The number of carbonyl (C=O) groups excluding carboxylic acids is 2. The summed E-state index contributed by atoms with van der Waals surface area (Å²) in [5, 5.41) is 17.2. The second-order valence-corrected chi connectivity index (χ2v) is 4.75. The zero-order chi connectivity index (χ0) is 15.6. The van der Waals surface area contributed by atoms with Crippen molar-refractivity contribution in [1.82, 2.24) is 10.6 Å². The molecule has 0 fully saturated rings. The van der Waals surface area contributed by atoms with Crippen molar-refractivity contribution in [2.24, 2.45) is 16.3 Å². The predicted molar refractivity (Wildman–Crippen MR) is 77.4 cm³/mol. The van der Waals surface area contributed by atoms with Crippen molar-refractivity contribution in [2.75, 3.05) is 13.6 Å². The van der Waals surface area contributed by atoms with Gasteiger partial charge in [0, 0.05) is 20.0 Å². The molecule has 0 bridgehead atoms. The van der Waals surface area contributed by atoms with Crippen LogP contribution in [0.15, 0.2) is 5.16 Å². The summed E-state index contributed by atoms with van der Waals surface area (Å²) >= 11 is 0. The third-order valence-electron chi connectivity index (χ3n) is 3.30. The van der Waals surface area contributed by atoms with Gasteiger partial charge in [0.15, 0.2) is 5.84 Å². The van der Waals surface area contributed by atoms with Crippen molar-refractivity contribution < 1.29 is 14.8 Å². The molecule has 116 valence electrons. The number of hydrogen-bond donors (Lipinski definition) is 4. The van der Waals surface area contributed by atoms with Crippen LogP contribution in [0.5, 0.6) is 0 Å². The molecule has 0 aliphatic carbocycles. The molecular weight excluding hydrogens is 260 g/mol. The van der Waals surface area contributed by atoms with Crippen LogP contribution in [0.2, 0.25) is 0 Å². The molecule has 7 nitrogen and oxygen atoms in total. The highest BCUT2D eigenvalue weighted by Crippen LogP contribution is 2.30. The lowest BCUT2D eigenvalue weighted by Gasteiger charge is -2.30. The Morgan fingerprint density at radius 1 is 1.25 bits per heavy atom. The average molecular weight is 286 g/mol. The maximum absolute atomic E-state index is 12.4. The van der Waals surface area contributed by atoms with E-state index in [9.17, 15) is 9.59 Å². The first kappa shape index (κ1) is 18.2. The molecule has 0 atom stereocenters. The third kappa shape index (κ3) is 4.71. The topological polar surface area (TPSA) is 117 Å².